The van der Waals surface area contributed by atoms with Gasteiger partial charge >= 0.3 is 23.9 Å². The van der Waals surface area contributed by atoms with Crippen molar-refractivity contribution < 1.29 is 47.6 Å². The van der Waals surface area contributed by atoms with Crippen LogP contribution in [0.5, 0.6) is 0 Å². The number of carbonyl (C=O) groups excluding carboxylic acids is 4. The second-order valence-electron chi connectivity index (χ2n) is 5.63. The average molecular weight is 455 g/mol. The van der Waals surface area contributed by atoms with Crippen molar-refractivity contribution in [1.29, 1.82) is 0 Å². The van der Waals surface area contributed by atoms with Crippen LogP contribution in [0.3, 0.4) is 0 Å². The Kier molecular flexibility index (Phi) is 9.67. The van der Waals surface area contributed by atoms with Crippen molar-refractivity contribution in [1.82, 2.24) is 0 Å². The quantitative estimate of drug-likeness (QED) is 0.290. The summed E-state index contributed by atoms with van der Waals surface area (Å²) in [6, 6.07) is 0. The SMILES string of the molecule is CC(=O)OCC1O[C@@H](OCCBr)[C@H](OC(C)=O)[C@@H](OC(C)=O)[C@@H]1OC(C)=O. The molecule has 5 atom stereocenters. The summed E-state index contributed by atoms with van der Waals surface area (Å²) in [4.78, 5) is 45.8. The lowest BCUT2D eigenvalue weighted by atomic mass is 9.98. The minimum absolute atomic E-state index is 0.188. The number of ether oxygens (including phenoxy) is 6. The minimum Gasteiger partial charge on any atom is -0.463 e. The third-order valence-corrected chi connectivity index (χ3v) is 3.63. The standard InChI is InChI=1S/C16H23BrO10/c1-8(18)23-7-12-13(24-9(2)19)14(25-10(3)20)15(26-11(4)21)16(27-12)22-6-5-17/h12-16H,5-7H2,1-4H3/t12?,13-,14+,15-,16-/m1/s1. The molecule has 0 bridgehead atoms. The van der Waals surface area contributed by atoms with Crippen molar-refractivity contribution in [3.05, 3.63) is 0 Å². The molecular formula is C16H23BrO10. The Balaban J connectivity index is 3.22. The first-order chi connectivity index (χ1) is 12.6. The number of hydrogen-bond acceptors (Lipinski definition) is 10. The summed E-state index contributed by atoms with van der Waals surface area (Å²) in [7, 11) is 0. The Morgan fingerprint density at radius 3 is 1.81 bits per heavy atom. The van der Waals surface area contributed by atoms with Gasteiger partial charge in [0, 0.05) is 33.0 Å². The van der Waals surface area contributed by atoms with E-state index in [2.05, 4.69) is 15.9 Å². The van der Waals surface area contributed by atoms with Crippen molar-refractivity contribution in [3.8, 4) is 0 Å². The number of alkyl halides is 1. The monoisotopic (exact) mass is 454 g/mol. The first kappa shape index (κ1) is 23.3. The van der Waals surface area contributed by atoms with Gasteiger partial charge in [0.05, 0.1) is 6.61 Å². The van der Waals surface area contributed by atoms with Crippen LogP contribution in [0.2, 0.25) is 0 Å². The lowest BCUT2D eigenvalue weighted by Crippen LogP contribution is -2.63. The van der Waals surface area contributed by atoms with E-state index in [0.29, 0.717) is 5.33 Å². The van der Waals surface area contributed by atoms with Gasteiger partial charge in [-0.25, -0.2) is 0 Å². The molecule has 0 amide bonds. The Hall–Kier alpha value is -1.72. The number of halogens is 1. The van der Waals surface area contributed by atoms with Crippen LogP contribution in [0.15, 0.2) is 0 Å². The molecular weight excluding hydrogens is 432 g/mol. The van der Waals surface area contributed by atoms with E-state index >= 15 is 0 Å². The lowest BCUT2D eigenvalue weighted by Gasteiger charge is -2.44. The van der Waals surface area contributed by atoms with Crippen LogP contribution in [-0.2, 0) is 47.6 Å². The van der Waals surface area contributed by atoms with Gasteiger partial charge in [0.25, 0.3) is 0 Å². The summed E-state index contributed by atoms with van der Waals surface area (Å²) in [5, 5.41) is 0.458. The highest BCUT2D eigenvalue weighted by atomic mass is 79.9. The van der Waals surface area contributed by atoms with Crippen molar-refractivity contribution >= 4 is 39.8 Å². The van der Waals surface area contributed by atoms with Crippen molar-refractivity contribution in [3.63, 3.8) is 0 Å². The maximum atomic E-state index is 11.6. The zero-order chi connectivity index (χ0) is 20.6. The Labute approximate surface area is 164 Å². The molecule has 27 heavy (non-hydrogen) atoms. The highest BCUT2D eigenvalue weighted by Crippen LogP contribution is 2.29. The zero-order valence-corrected chi connectivity index (χ0v) is 17.1. The van der Waals surface area contributed by atoms with Gasteiger partial charge in [-0.2, -0.15) is 0 Å². The van der Waals surface area contributed by atoms with Crippen LogP contribution >= 0.6 is 15.9 Å². The maximum Gasteiger partial charge on any atom is 0.303 e. The fourth-order valence-corrected chi connectivity index (χ4v) is 2.67. The van der Waals surface area contributed by atoms with Crippen molar-refractivity contribution in [2.75, 3.05) is 18.5 Å². The minimum atomic E-state index is -1.22. The van der Waals surface area contributed by atoms with Crippen molar-refractivity contribution in [2.24, 2.45) is 0 Å². The van der Waals surface area contributed by atoms with E-state index in [1.165, 1.54) is 6.92 Å². The van der Waals surface area contributed by atoms with Gasteiger partial charge in [0.1, 0.15) is 12.7 Å². The molecule has 1 unspecified atom stereocenters. The normalized spacial score (nSPS) is 27.4. The fourth-order valence-electron chi connectivity index (χ4n) is 2.48. The van der Waals surface area contributed by atoms with E-state index in [9.17, 15) is 19.2 Å². The molecule has 0 N–H and O–H groups in total. The van der Waals surface area contributed by atoms with Gasteiger partial charge in [0.2, 0.25) is 0 Å². The molecule has 1 heterocycles. The molecule has 1 fully saturated rings. The lowest BCUT2D eigenvalue weighted by molar-refractivity contribution is -0.306. The van der Waals surface area contributed by atoms with E-state index in [-0.39, 0.29) is 13.2 Å². The first-order valence-corrected chi connectivity index (χ1v) is 9.25. The summed E-state index contributed by atoms with van der Waals surface area (Å²) >= 11 is 3.20. The summed E-state index contributed by atoms with van der Waals surface area (Å²) in [6.45, 7) is 4.58. The highest BCUT2D eigenvalue weighted by Gasteiger charge is 2.52. The number of carbonyl (C=O) groups is 4. The predicted molar refractivity (Wildman–Crippen MR) is 91.7 cm³/mol. The van der Waals surface area contributed by atoms with E-state index in [1.807, 2.05) is 0 Å². The van der Waals surface area contributed by atoms with Gasteiger partial charge < -0.3 is 28.4 Å². The predicted octanol–water partition coefficient (Wildman–Crippen LogP) is 0.481. The van der Waals surface area contributed by atoms with Crippen LogP contribution in [-0.4, -0.2) is 73.1 Å². The first-order valence-electron chi connectivity index (χ1n) is 8.13. The molecule has 1 aliphatic heterocycles. The molecule has 11 heteroatoms. The molecule has 1 rings (SSSR count). The molecule has 154 valence electrons. The molecule has 0 aliphatic carbocycles. The molecule has 10 nitrogen and oxygen atoms in total. The largest absolute Gasteiger partial charge is 0.463 e. The van der Waals surface area contributed by atoms with Gasteiger partial charge in [-0.15, -0.1) is 0 Å². The number of esters is 4. The van der Waals surface area contributed by atoms with E-state index in [0.717, 1.165) is 20.8 Å². The van der Waals surface area contributed by atoms with Gasteiger partial charge in [0.15, 0.2) is 24.6 Å². The summed E-state index contributed by atoms with van der Waals surface area (Å²) in [6.07, 6.45) is -5.73. The Bertz CT molecular complexity index is 551. The number of hydrogen-bond donors (Lipinski definition) is 0. The molecule has 0 aromatic rings. The molecule has 0 radical (unpaired) electrons. The van der Waals surface area contributed by atoms with Gasteiger partial charge in [-0.3, -0.25) is 19.2 Å². The van der Waals surface area contributed by atoms with E-state index in [1.54, 1.807) is 0 Å². The molecule has 0 aromatic heterocycles. The van der Waals surface area contributed by atoms with Crippen LogP contribution in [0, 0.1) is 0 Å². The maximum absolute atomic E-state index is 11.6. The Morgan fingerprint density at radius 2 is 1.33 bits per heavy atom. The molecule has 0 saturated carbocycles. The van der Waals surface area contributed by atoms with Crippen LogP contribution in [0.25, 0.3) is 0 Å². The van der Waals surface area contributed by atoms with Gasteiger partial charge in [-0.05, 0) is 0 Å². The second-order valence-corrected chi connectivity index (χ2v) is 6.42. The zero-order valence-electron chi connectivity index (χ0n) is 15.5. The Morgan fingerprint density at radius 1 is 0.815 bits per heavy atom. The molecule has 0 aromatic carbocycles. The summed E-state index contributed by atoms with van der Waals surface area (Å²) in [5.74, 6) is -2.63. The van der Waals surface area contributed by atoms with E-state index in [4.69, 9.17) is 28.4 Å². The highest BCUT2D eigenvalue weighted by molar-refractivity contribution is 9.09. The molecule has 0 spiro atoms. The summed E-state index contributed by atoms with van der Waals surface area (Å²) in [5.41, 5.74) is 0. The average Bonchev–Trinajstić information content (AvgIpc) is 2.54. The topological polar surface area (TPSA) is 124 Å². The number of rotatable bonds is 8. The molecule has 1 aliphatic rings. The third kappa shape index (κ3) is 7.81. The van der Waals surface area contributed by atoms with Crippen LogP contribution < -0.4 is 0 Å². The fraction of sp³-hybridized carbons (Fsp3) is 0.750. The third-order valence-electron chi connectivity index (χ3n) is 3.31. The summed E-state index contributed by atoms with van der Waals surface area (Å²) < 4.78 is 31.9. The second kappa shape index (κ2) is 11.2. The van der Waals surface area contributed by atoms with E-state index < -0.39 is 54.6 Å². The van der Waals surface area contributed by atoms with Crippen LogP contribution in [0.1, 0.15) is 27.7 Å². The van der Waals surface area contributed by atoms with Crippen LogP contribution in [0.4, 0.5) is 0 Å². The molecule has 1 saturated heterocycles. The smallest absolute Gasteiger partial charge is 0.303 e. The van der Waals surface area contributed by atoms with Gasteiger partial charge in [-0.1, -0.05) is 15.9 Å². The van der Waals surface area contributed by atoms with Crippen molar-refractivity contribution in [2.45, 2.75) is 58.4 Å².